The van der Waals surface area contributed by atoms with E-state index in [4.69, 9.17) is 0 Å². The number of thiophene rings is 1. The van der Waals surface area contributed by atoms with Gasteiger partial charge in [0.1, 0.15) is 0 Å². The largest absolute Gasteiger partial charge is 0.306 e. The van der Waals surface area contributed by atoms with E-state index in [0.717, 1.165) is 19.6 Å². The molecule has 1 rings (SSSR count). The van der Waals surface area contributed by atoms with Crippen molar-refractivity contribution < 1.29 is 0 Å². The molecule has 0 bridgehead atoms. The van der Waals surface area contributed by atoms with Gasteiger partial charge in [0.2, 0.25) is 0 Å². The molecule has 1 aromatic rings. The highest BCUT2D eigenvalue weighted by Gasteiger charge is 2.14. The highest BCUT2D eigenvalue weighted by atomic mass is 79.9. The molecule has 0 saturated heterocycles. The fourth-order valence-corrected chi connectivity index (χ4v) is 3.77. The van der Waals surface area contributed by atoms with Crippen LogP contribution in [0, 0.1) is 0 Å². The van der Waals surface area contributed by atoms with Crippen LogP contribution in [0.15, 0.2) is 15.9 Å². The second kappa shape index (κ2) is 7.52. The second-order valence-corrected chi connectivity index (χ2v) is 6.21. The van der Waals surface area contributed by atoms with E-state index < -0.39 is 0 Å². The third-order valence-corrected chi connectivity index (χ3v) is 5.05. The monoisotopic (exact) mass is 318 g/mol. The lowest BCUT2D eigenvalue weighted by molar-refractivity contribution is 0.264. The maximum atomic E-state index is 3.66. The molecule has 1 heterocycles. The lowest BCUT2D eigenvalue weighted by atomic mass is 10.2. The van der Waals surface area contributed by atoms with Crippen LogP contribution in [0.2, 0.25) is 0 Å². The third-order valence-electron chi connectivity index (χ3n) is 3.00. The molecule has 17 heavy (non-hydrogen) atoms. The average molecular weight is 319 g/mol. The van der Waals surface area contributed by atoms with Gasteiger partial charge in [-0.15, -0.1) is 11.3 Å². The maximum Gasteiger partial charge on any atom is 0.0400 e. The topological polar surface area (TPSA) is 15.3 Å². The molecule has 4 heteroatoms. The van der Waals surface area contributed by atoms with Crippen LogP contribution in [0.3, 0.4) is 0 Å². The quantitative estimate of drug-likeness (QED) is 0.820. The van der Waals surface area contributed by atoms with Gasteiger partial charge in [0.05, 0.1) is 0 Å². The van der Waals surface area contributed by atoms with Crippen molar-refractivity contribution in [2.75, 3.05) is 19.6 Å². The molecular weight excluding hydrogens is 296 g/mol. The number of halogens is 1. The molecule has 1 N–H and O–H groups in total. The van der Waals surface area contributed by atoms with Crippen molar-refractivity contribution in [2.24, 2.45) is 0 Å². The zero-order valence-electron chi connectivity index (χ0n) is 11.2. The SMILES string of the molecule is CCN(CC)CC(C)NC(C)c1sccc1Br. The van der Waals surface area contributed by atoms with E-state index in [0.29, 0.717) is 12.1 Å². The Morgan fingerprint density at radius 3 is 2.47 bits per heavy atom. The molecule has 0 spiro atoms. The molecule has 0 fully saturated rings. The minimum Gasteiger partial charge on any atom is -0.306 e. The second-order valence-electron chi connectivity index (χ2n) is 4.41. The maximum absolute atomic E-state index is 3.66. The van der Waals surface area contributed by atoms with Crippen molar-refractivity contribution in [3.63, 3.8) is 0 Å². The fourth-order valence-electron chi connectivity index (χ4n) is 2.04. The van der Waals surface area contributed by atoms with Crippen molar-refractivity contribution in [1.82, 2.24) is 10.2 Å². The normalized spacial score (nSPS) is 15.2. The molecule has 2 atom stereocenters. The smallest absolute Gasteiger partial charge is 0.0400 e. The zero-order chi connectivity index (χ0) is 12.8. The lowest BCUT2D eigenvalue weighted by Crippen LogP contribution is -2.40. The Bertz CT molecular complexity index is 323. The van der Waals surface area contributed by atoms with Crippen molar-refractivity contribution in [3.8, 4) is 0 Å². The van der Waals surface area contributed by atoms with Crippen LogP contribution >= 0.6 is 27.3 Å². The van der Waals surface area contributed by atoms with Crippen molar-refractivity contribution in [1.29, 1.82) is 0 Å². The van der Waals surface area contributed by atoms with Crippen LogP contribution < -0.4 is 5.32 Å². The van der Waals surface area contributed by atoms with Gasteiger partial charge in [-0.25, -0.2) is 0 Å². The van der Waals surface area contributed by atoms with Crippen LogP contribution in [0.5, 0.6) is 0 Å². The molecule has 0 saturated carbocycles. The molecule has 0 aromatic carbocycles. The summed E-state index contributed by atoms with van der Waals surface area (Å²) >= 11 is 5.40. The summed E-state index contributed by atoms with van der Waals surface area (Å²) in [6.07, 6.45) is 0. The van der Waals surface area contributed by atoms with Gasteiger partial charge >= 0.3 is 0 Å². The lowest BCUT2D eigenvalue weighted by Gasteiger charge is -2.26. The van der Waals surface area contributed by atoms with Crippen LogP contribution in [0.1, 0.15) is 38.6 Å². The van der Waals surface area contributed by atoms with Gasteiger partial charge in [0, 0.05) is 28.0 Å². The Kier molecular flexibility index (Phi) is 6.70. The van der Waals surface area contributed by atoms with E-state index in [1.54, 1.807) is 0 Å². The minimum atomic E-state index is 0.412. The molecule has 2 unspecified atom stereocenters. The first kappa shape index (κ1) is 15.2. The summed E-state index contributed by atoms with van der Waals surface area (Å²) in [4.78, 5) is 3.84. The number of likely N-dealkylation sites (N-methyl/N-ethyl adjacent to an activating group) is 1. The predicted octanol–water partition coefficient (Wildman–Crippen LogP) is 3.89. The van der Waals surface area contributed by atoms with Gasteiger partial charge < -0.3 is 10.2 Å². The molecule has 0 amide bonds. The van der Waals surface area contributed by atoms with Gasteiger partial charge in [-0.2, -0.15) is 0 Å². The van der Waals surface area contributed by atoms with Gasteiger partial charge in [-0.3, -0.25) is 0 Å². The Hall–Kier alpha value is 0.100. The molecule has 0 aliphatic carbocycles. The number of hydrogen-bond donors (Lipinski definition) is 1. The number of nitrogens with zero attached hydrogens (tertiary/aromatic N) is 1. The van der Waals surface area contributed by atoms with Gasteiger partial charge in [0.15, 0.2) is 0 Å². The van der Waals surface area contributed by atoms with E-state index >= 15 is 0 Å². The molecule has 98 valence electrons. The first-order valence-corrected chi connectivity index (χ1v) is 7.97. The summed E-state index contributed by atoms with van der Waals surface area (Å²) in [5, 5.41) is 5.79. The van der Waals surface area contributed by atoms with Gasteiger partial charge in [0.25, 0.3) is 0 Å². The summed E-state index contributed by atoms with van der Waals surface area (Å²) in [6.45, 7) is 12.3. The average Bonchev–Trinajstić information content (AvgIpc) is 2.72. The van der Waals surface area contributed by atoms with Gasteiger partial charge in [-0.1, -0.05) is 13.8 Å². The van der Waals surface area contributed by atoms with Crippen molar-refractivity contribution >= 4 is 27.3 Å². The summed E-state index contributed by atoms with van der Waals surface area (Å²) in [6, 6.07) is 3.04. The molecule has 1 aromatic heterocycles. The Morgan fingerprint density at radius 1 is 1.35 bits per heavy atom. The highest BCUT2D eigenvalue weighted by Crippen LogP contribution is 2.28. The minimum absolute atomic E-state index is 0.412. The van der Waals surface area contributed by atoms with E-state index in [1.807, 2.05) is 11.3 Å². The van der Waals surface area contributed by atoms with E-state index in [1.165, 1.54) is 9.35 Å². The summed E-state index contributed by atoms with van der Waals surface area (Å²) in [5.74, 6) is 0. The Morgan fingerprint density at radius 2 is 2.00 bits per heavy atom. The highest BCUT2D eigenvalue weighted by molar-refractivity contribution is 9.10. The van der Waals surface area contributed by atoms with Crippen molar-refractivity contribution in [3.05, 3.63) is 20.8 Å². The predicted molar refractivity (Wildman–Crippen MR) is 80.8 cm³/mol. The van der Waals surface area contributed by atoms with Crippen LogP contribution in [0.25, 0.3) is 0 Å². The first-order chi connectivity index (χ1) is 8.08. The van der Waals surface area contributed by atoms with E-state index in [-0.39, 0.29) is 0 Å². The summed E-state index contributed by atoms with van der Waals surface area (Å²) in [5.41, 5.74) is 0. The molecular formula is C13H23BrN2S. The number of rotatable bonds is 7. The fraction of sp³-hybridized carbons (Fsp3) is 0.692. The van der Waals surface area contributed by atoms with Crippen LogP contribution in [-0.2, 0) is 0 Å². The summed E-state index contributed by atoms with van der Waals surface area (Å²) in [7, 11) is 0. The zero-order valence-corrected chi connectivity index (χ0v) is 13.6. The molecule has 0 aliphatic rings. The van der Waals surface area contributed by atoms with E-state index in [9.17, 15) is 0 Å². The Labute approximate surface area is 118 Å². The number of nitrogens with one attached hydrogen (secondary N) is 1. The molecule has 0 radical (unpaired) electrons. The van der Waals surface area contributed by atoms with Gasteiger partial charge in [-0.05, 0) is 54.3 Å². The van der Waals surface area contributed by atoms with Crippen LogP contribution in [0.4, 0.5) is 0 Å². The molecule has 0 aliphatic heterocycles. The van der Waals surface area contributed by atoms with Crippen LogP contribution in [-0.4, -0.2) is 30.6 Å². The standard InChI is InChI=1S/C13H23BrN2S/c1-5-16(6-2)9-10(3)15-11(4)13-12(14)7-8-17-13/h7-8,10-11,15H,5-6,9H2,1-4H3. The van der Waals surface area contributed by atoms with Crippen molar-refractivity contribution in [2.45, 2.75) is 39.8 Å². The molecule has 2 nitrogen and oxygen atoms in total. The first-order valence-electron chi connectivity index (χ1n) is 6.29. The third kappa shape index (κ3) is 4.70. The Balaban J connectivity index is 2.46. The van der Waals surface area contributed by atoms with E-state index in [2.05, 4.69) is 65.3 Å². The number of hydrogen-bond acceptors (Lipinski definition) is 3. The summed E-state index contributed by atoms with van der Waals surface area (Å²) < 4.78 is 1.22.